The van der Waals surface area contributed by atoms with Crippen molar-refractivity contribution in [3.05, 3.63) is 63.7 Å². The molecule has 0 fully saturated rings. The van der Waals surface area contributed by atoms with Gasteiger partial charge in [-0.2, -0.15) is 0 Å². The lowest BCUT2D eigenvalue weighted by Crippen LogP contribution is -2.35. The molecule has 2 aromatic rings. The summed E-state index contributed by atoms with van der Waals surface area (Å²) in [5.41, 5.74) is 2.50. The van der Waals surface area contributed by atoms with Gasteiger partial charge in [0, 0.05) is 6.54 Å². The number of anilines is 1. The highest BCUT2D eigenvalue weighted by atomic mass is 35.5. The van der Waals surface area contributed by atoms with Gasteiger partial charge in [0.15, 0.2) is 0 Å². The third kappa shape index (κ3) is 3.45. The van der Waals surface area contributed by atoms with Crippen molar-refractivity contribution in [3.63, 3.8) is 0 Å². The molecule has 0 atom stereocenters. The van der Waals surface area contributed by atoms with E-state index in [2.05, 4.69) is 4.72 Å². The van der Waals surface area contributed by atoms with E-state index in [-0.39, 0.29) is 6.54 Å². The average Bonchev–Trinajstić information content (AvgIpc) is 2.81. The number of hydrogen-bond donors (Lipinski definition) is 1. The van der Waals surface area contributed by atoms with Crippen LogP contribution < -0.4 is 4.72 Å². The second kappa shape index (κ2) is 6.74. The molecule has 6 nitrogen and oxygen atoms in total. The van der Waals surface area contributed by atoms with Crippen LogP contribution in [0.5, 0.6) is 0 Å². The molecule has 26 heavy (non-hydrogen) atoms. The van der Waals surface area contributed by atoms with Crippen molar-refractivity contribution in [2.75, 3.05) is 17.0 Å². The molecule has 0 aromatic heterocycles. The molecule has 1 aliphatic heterocycles. The lowest BCUT2D eigenvalue weighted by Gasteiger charge is -2.16. The summed E-state index contributed by atoms with van der Waals surface area (Å²) in [6.45, 7) is 3.38. The summed E-state index contributed by atoms with van der Waals surface area (Å²) in [6, 6.07) is 9.90. The van der Waals surface area contributed by atoms with Gasteiger partial charge >= 0.3 is 0 Å². The number of nitrogens with one attached hydrogen (secondary N) is 1. The number of imide groups is 1. The molecular weight excluding hydrogens is 376 g/mol. The van der Waals surface area contributed by atoms with Crippen LogP contribution in [-0.2, 0) is 10.0 Å². The third-order valence-electron chi connectivity index (χ3n) is 4.15. The van der Waals surface area contributed by atoms with Crippen molar-refractivity contribution in [2.24, 2.45) is 0 Å². The Kier molecular flexibility index (Phi) is 4.77. The smallest absolute Gasteiger partial charge is 0.261 e. The number of hydrogen-bond acceptors (Lipinski definition) is 4. The van der Waals surface area contributed by atoms with Gasteiger partial charge in [-0.25, -0.2) is 8.42 Å². The first-order valence-corrected chi connectivity index (χ1v) is 9.95. The minimum atomic E-state index is -3.79. The van der Waals surface area contributed by atoms with Crippen molar-refractivity contribution in [1.29, 1.82) is 0 Å². The number of sulfonamides is 1. The van der Waals surface area contributed by atoms with Gasteiger partial charge in [0.05, 0.1) is 27.6 Å². The Balaban J connectivity index is 1.74. The number of amides is 2. The van der Waals surface area contributed by atoms with E-state index < -0.39 is 27.6 Å². The molecule has 1 heterocycles. The molecule has 2 amide bonds. The Morgan fingerprint density at radius 1 is 1.04 bits per heavy atom. The summed E-state index contributed by atoms with van der Waals surface area (Å²) in [5, 5.41) is 0.298. The Morgan fingerprint density at radius 2 is 1.62 bits per heavy atom. The number of halogens is 1. The SMILES string of the molecule is Cc1cc(C)c(NS(=O)(=O)CCN2C(=O)c3ccccc3C2=O)c(Cl)c1. The number of carbonyl (C=O) groups excluding carboxylic acids is 2. The first-order valence-electron chi connectivity index (χ1n) is 7.92. The van der Waals surface area contributed by atoms with Crippen LogP contribution in [0.1, 0.15) is 31.8 Å². The minimum absolute atomic E-state index is 0.232. The maximum Gasteiger partial charge on any atom is 0.261 e. The summed E-state index contributed by atoms with van der Waals surface area (Å²) < 4.78 is 27.3. The standard InChI is InChI=1S/C18H17ClN2O4S/c1-11-9-12(2)16(15(19)10-11)20-26(24,25)8-7-21-17(22)13-5-3-4-6-14(13)18(21)23/h3-6,9-10,20H,7-8H2,1-2H3. The first-order chi connectivity index (χ1) is 12.2. The summed E-state index contributed by atoms with van der Waals surface area (Å²) in [4.78, 5) is 25.5. The van der Waals surface area contributed by atoms with E-state index in [1.54, 1.807) is 37.3 Å². The first kappa shape index (κ1) is 18.4. The predicted molar refractivity (Wildman–Crippen MR) is 100 cm³/mol. The zero-order chi connectivity index (χ0) is 19.1. The monoisotopic (exact) mass is 392 g/mol. The molecule has 8 heteroatoms. The summed E-state index contributed by atoms with van der Waals surface area (Å²) in [6.07, 6.45) is 0. The van der Waals surface area contributed by atoms with Crippen molar-refractivity contribution in [3.8, 4) is 0 Å². The number of aryl methyl sites for hydroxylation is 2. The van der Waals surface area contributed by atoms with E-state index >= 15 is 0 Å². The zero-order valence-electron chi connectivity index (χ0n) is 14.2. The summed E-state index contributed by atoms with van der Waals surface area (Å²) in [7, 11) is -3.79. The molecule has 2 aromatic carbocycles. The quantitative estimate of drug-likeness (QED) is 0.793. The number of benzene rings is 2. The normalized spacial score (nSPS) is 13.9. The fraction of sp³-hybridized carbons (Fsp3) is 0.222. The Bertz CT molecular complexity index is 960. The second-order valence-electron chi connectivity index (χ2n) is 6.17. The Labute approximate surface area is 156 Å². The number of rotatable bonds is 5. The van der Waals surface area contributed by atoms with Gasteiger partial charge in [-0.1, -0.05) is 29.8 Å². The topological polar surface area (TPSA) is 83.6 Å². The lowest BCUT2D eigenvalue weighted by atomic mass is 10.1. The van der Waals surface area contributed by atoms with Crippen LogP contribution in [0.2, 0.25) is 5.02 Å². The molecule has 0 aliphatic carbocycles. The van der Waals surface area contributed by atoms with Crippen LogP contribution >= 0.6 is 11.6 Å². The molecule has 0 saturated carbocycles. The maximum absolute atomic E-state index is 12.4. The molecule has 0 radical (unpaired) electrons. The van der Waals surface area contributed by atoms with Crippen molar-refractivity contribution >= 4 is 39.1 Å². The fourth-order valence-corrected chi connectivity index (χ4v) is 4.44. The average molecular weight is 393 g/mol. The number of carbonyl (C=O) groups is 2. The van der Waals surface area contributed by atoms with Crippen molar-refractivity contribution in [1.82, 2.24) is 4.90 Å². The van der Waals surface area contributed by atoms with E-state index in [1.807, 2.05) is 13.0 Å². The highest BCUT2D eigenvalue weighted by Gasteiger charge is 2.35. The highest BCUT2D eigenvalue weighted by molar-refractivity contribution is 7.92. The summed E-state index contributed by atoms with van der Waals surface area (Å²) >= 11 is 6.13. The predicted octanol–water partition coefficient (Wildman–Crippen LogP) is 2.99. The lowest BCUT2D eigenvalue weighted by molar-refractivity contribution is 0.0664. The largest absolute Gasteiger partial charge is 0.282 e. The van der Waals surface area contributed by atoms with Crippen LogP contribution in [0.3, 0.4) is 0 Å². The van der Waals surface area contributed by atoms with E-state index in [9.17, 15) is 18.0 Å². The van der Waals surface area contributed by atoms with E-state index in [1.165, 1.54) is 0 Å². The van der Waals surface area contributed by atoms with Crippen molar-refractivity contribution < 1.29 is 18.0 Å². The van der Waals surface area contributed by atoms with Crippen LogP contribution in [0.15, 0.2) is 36.4 Å². The van der Waals surface area contributed by atoms with Crippen LogP contribution in [0.25, 0.3) is 0 Å². The van der Waals surface area contributed by atoms with Crippen LogP contribution in [0, 0.1) is 13.8 Å². The molecule has 0 bridgehead atoms. The molecule has 1 aliphatic rings. The second-order valence-corrected chi connectivity index (χ2v) is 8.42. The van der Waals surface area contributed by atoms with Crippen LogP contribution in [0.4, 0.5) is 5.69 Å². The molecule has 0 unspecified atom stereocenters. The van der Waals surface area contributed by atoms with Gasteiger partial charge < -0.3 is 0 Å². The Hall–Kier alpha value is -2.38. The number of nitrogens with zero attached hydrogens (tertiary/aromatic N) is 1. The molecule has 1 N–H and O–H groups in total. The van der Waals surface area contributed by atoms with E-state index in [0.717, 1.165) is 10.5 Å². The minimum Gasteiger partial charge on any atom is -0.282 e. The van der Waals surface area contributed by atoms with Crippen LogP contribution in [-0.4, -0.2) is 37.4 Å². The van der Waals surface area contributed by atoms with E-state index in [4.69, 9.17) is 11.6 Å². The van der Waals surface area contributed by atoms with Gasteiger partial charge in [0.2, 0.25) is 10.0 Å². The van der Waals surface area contributed by atoms with Gasteiger partial charge in [-0.15, -0.1) is 0 Å². The fourth-order valence-electron chi connectivity index (χ4n) is 2.91. The molecule has 0 saturated heterocycles. The molecule has 0 spiro atoms. The van der Waals surface area contributed by atoms with E-state index in [0.29, 0.717) is 27.4 Å². The van der Waals surface area contributed by atoms with Gasteiger partial charge in [0.1, 0.15) is 0 Å². The zero-order valence-corrected chi connectivity index (χ0v) is 15.8. The number of fused-ring (bicyclic) bond motifs is 1. The maximum atomic E-state index is 12.4. The third-order valence-corrected chi connectivity index (χ3v) is 5.68. The summed E-state index contributed by atoms with van der Waals surface area (Å²) in [5.74, 6) is -1.38. The van der Waals surface area contributed by atoms with Gasteiger partial charge in [-0.3, -0.25) is 19.2 Å². The van der Waals surface area contributed by atoms with Gasteiger partial charge in [-0.05, 0) is 43.2 Å². The van der Waals surface area contributed by atoms with Gasteiger partial charge in [0.25, 0.3) is 11.8 Å². The molecular formula is C18H17ClN2O4S. The molecule has 136 valence electrons. The molecule has 3 rings (SSSR count). The Morgan fingerprint density at radius 3 is 2.15 bits per heavy atom. The highest BCUT2D eigenvalue weighted by Crippen LogP contribution is 2.28. The van der Waals surface area contributed by atoms with Crippen molar-refractivity contribution in [2.45, 2.75) is 13.8 Å².